The zero-order valence-corrected chi connectivity index (χ0v) is 15.5. The van der Waals surface area contributed by atoms with Crippen LogP contribution >= 0.6 is 11.6 Å². The molecule has 0 spiro atoms. The van der Waals surface area contributed by atoms with Crippen molar-refractivity contribution in [3.8, 4) is 11.4 Å². The molecule has 0 saturated carbocycles. The van der Waals surface area contributed by atoms with Crippen molar-refractivity contribution >= 4 is 17.5 Å². The van der Waals surface area contributed by atoms with Gasteiger partial charge in [-0.15, -0.1) is 0 Å². The minimum absolute atomic E-state index is 0.0483. The number of rotatable bonds is 6. The Balaban J connectivity index is 1.60. The minimum Gasteiger partial charge on any atom is -0.484 e. The Morgan fingerprint density at radius 2 is 2.04 bits per heavy atom. The number of benzene rings is 2. The van der Waals surface area contributed by atoms with Gasteiger partial charge in [0.25, 0.3) is 5.91 Å². The third kappa shape index (κ3) is 4.24. The van der Waals surface area contributed by atoms with Gasteiger partial charge < -0.3 is 14.6 Å². The largest absolute Gasteiger partial charge is 0.484 e. The van der Waals surface area contributed by atoms with Crippen LogP contribution < -0.4 is 10.1 Å². The van der Waals surface area contributed by atoms with E-state index < -0.39 is 0 Å². The Morgan fingerprint density at radius 1 is 1.23 bits per heavy atom. The van der Waals surface area contributed by atoms with Crippen LogP contribution in [0, 0.1) is 13.8 Å². The van der Waals surface area contributed by atoms with Crippen LogP contribution in [0.25, 0.3) is 5.69 Å². The second kappa shape index (κ2) is 8.06. The van der Waals surface area contributed by atoms with Crippen LogP contribution in [0.1, 0.15) is 17.0 Å². The third-order valence-corrected chi connectivity index (χ3v) is 4.48. The first-order valence-corrected chi connectivity index (χ1v) is 8.66. The molecule has 26 heavy (non-hydrogen) atoms. The first-order valence-electron chi connectivity index (χ1n) is 8.28. The Bertz CT molecular complexity index is 921. The SMILES string of the molecule is Cc1cc(OCC(=O)NCc2ccccc2-n2ccnc2C)ccc1Cl. The summed E-state index contributed by atoms with van der Waals surface area (Å²) in [6, 6.07) is 13.2. The zero-order chi connectivity index (χ0) is 18.5. The summed E-state index contributed by atoms with van der Waals surface area (Å²) in [7, 11) is 0. The molecule has 0 atom stereocenters. The molecule has 0 radical (unpaired) electrons. The molecule has 1 aromatic heterocycles. The van der Waals surface area contributed by atoms with E-state index in [0.717, 1.165) is 22.6 Å². The summed E-state index contributed by atoms with van der Waals surface area (Å²) in [4.78, 5) is 16.4. The van der Waals surface area contributed by atoms with Crippen LogP contribution in [0.2, 0.25) is 5.02 Å². The third-order valence-electron chi connectivity index (χ3n) is 4.05. The van der Waals surface area contributed by atoms with E-state index in [1.807, 2.05) is 54.9 Å². The van der Waals surface area contributed by atoms with Gasteiger partial charge in [0.15, 0.2) is 6.61 Å². The number of carbonyl (C=O) groups is 1. The Hall–Kier alpha value is -2.79. The van der Waals surface area contributed by atoms with Crippen molar-refractivity contribution in [1.82, 2.24) is 14.9 Å². The van der Waals surface area contributed by atoms with Gasteiger partial charge in [0.05, 0.1) is 5.69 Å². The Kier molecular flexibility index (Phi) is 5.58. The first-order chi connectivity index (χ1) is 12.5. The summed E-state index contributed by atoms with van der Waals surface area (Å²) in [5.74, 6) is 1.33. The molecule has 0 aliphatic rings. The molecule has 6 heteroatoms. The molecule has 1 N–H and O–H groups in total. The molecular weight excluding hydrogens is 350 g/mol. The fourth-order valence-corrected chi connectivity index (χ4v) is 2.75. The van der Waals surface area contributed by atoms with Gasteiger partial charge in [-0.1, -0.05) is 29.8 Å². The highest BCUT2D eigenvalue weighted by atomic mass is 35.5. The minimum atomic E-state index is -0.185. The number of hydrogen-bond donors (Lipinski definition) is 1. The van der Waals surface area contributed by atoms with Crippen LogP contribution in [-0.4, -0.2) is 22.1 Å². The number of amides is 1. The highest BCUT2D eigenvalue weighted by molar-refractivity contribution is 6.31. The monoisotopic (exact) mass is 369 g/mol. The summed E-state index contributed by atoms with van der Waals surface area (Å²) in [5.41, 5.74) is 2.91. The summed E-state index contributed by atoms with van der Waals surface area (Å²) in [6.45, 7) is 4.20. The van der Waals surface area contributed by atoms with Gasteiger partial charge in [-0.3, -0.25) is 4.79 Å². The Morgan fingerprint density at radius 3 is 2.77 bits per heavy atom. The lowest BCUT2D eigenvalue weighted by atomic mass is 10.1. The normalized spacial score (nSPS) is 10.6. The van der Waals surface area contributed by atoms with E-state index in [1.165, 1.54) is 0 Å². The van der Waals surface area contributed by atoms with Crippen molar-refractivity contribution in [2.45, 2.75) is 20.4 Å². The second-order valence-electron chi connectivity index (χ2n) is 5.95. The van der Waals surface area contributed by atoms with E-state index in [1.54, 1.807) is 18.3 Å². The smallest absolute Gasteiger partial charge is 0.258 e. The number of carbonyl (C=O) groups excluding carboxylic acids is 1. The molecule has 0 unspecified atom stereocenters. The molecule has 134 valence electrons. The fraction of sp³-hybridized carbons (Fsp3) is 0.200. The topological polar surface area (TPSA) is 56.1 Å². The maximum Gasteiger partial charge on any atom is 0.258 e. The van der Waals surface area contributed by atoms with Crippen LogP contribution in [0.4, 0.5) is 0 Å². The van der Waals surface area contributed by atoms with Gasteiger partial charge >= 0.3 is 0 Å². The quantitative estimate of drug-likeness (QED) is 0.718. The molecule has 3 aromatic rings. The molecular formula is C20H20ClN3O2. The van der Waals surface area contributed by atoms with Gasteiger partial charge in [-0.05, 0) is 49.2 Å². The fourth-order valence-electron chi connectivity index (χ4n) is 2.63. The highest BCUT2D eigenvalue weighted by Crippen LogP contribution is 2.21. The highest BCUT2D eigenvalue weighted by Gasteiger charge is 2.09. The average molecular weight is 370 g/mol. The lowest BCUT2D eigenvalue weighted by Crippen LogP contribution is -2.28. The van der Waals surface area contributed by atoms with Crippen molar-refractivity contribution in [2.24, 2.45) is 0 Å². The van der Waals surface area contributed by atoms with Gasteiger partial charge in [-0.2, -0.15) is 0 Å². The van der Waals surface area contributed by atoms with Crippen molar-refractivity contribution in [3.05, 3.63) is 76.8 Å². The van der Waals surface area contributed by atoms with E-state index in [9.17, 15) is 4.79 Å². The zero-order valence-electron chi connectivity index (χ0n) is 14.7. The van der Waals surface area contributed by atoms with E-state index in [2.05, 4.69) is 10.3 Å². The van der Waals surface area contributed by atoms with Crippen molar-refractivity contribution < 1.29 is 9.53 Å². The van der Waals surface area contributed by atoms with Gasteiger partial charge in [0, 0.05) is 24.0 Å². The summed E-state index contributed by atoms with van der Waals surface area (Å²) < 4.78 is 7.52. The average Bonchev–Trinajstić information content (AvgIpc) is 3.07. The van der Waals surface area contributed by atoms with E-state index in [-0.39, 0.29) is 12.5 Å². The number of nitrogens with one attached hydrogen (secondary N) is 1. The number of aromatic nitrogens is 2. The van der Waals surface area contributed by atoms with Crippen LogP contribution in [0.15, 0.2) is 54.9 Å². The molecule has 0 aliphatic carbocycles. The maximum atomic E-state index is 12.1. The first kappa shape index (κ1) is 18.0. The number of hydrogen-bond acceptors (Lipinski definition) is 3. The number of aryl methyl sites for hydroxylation is 2. The molecule has 0 bridgehead atoms. The molecule has 2 aromatic carbocycles. The molecule has 3 rings (SSSR count). The molecule has 1 amide bonds. The summed E-state index contributed by atoms with van der Waals surface area (Å²) in [6.07, 6.45) is 3.66. The number of nitrogens with zero attached hydrogens (tertiary/aromatic N) is 2. The molecule has 0 aliphatic heterocycles. The van der Waals surface area contributed by atoms with Crippen LogP contribution in [0.3, 0.4) is 0 Å². The van der Waals surface area contributed by atoms with E-state index in [0.29, 0.717) is 17.3 Å². The predicted molar refractivity (Wildman–Crippen MR) is 102 cm³/mol. The maximum absolute atomic E-state index is 12.1. The van der Waals surface area contributed by atoms with E-state index >= 15 is 0 Å². The Labute approximate surface area is 157 Å². The number of halogens is 1. The molecule has 0 fully saturated rings. The van der Waals surface area contributed by atoms with Crippen LogP contribution in [-0.2, 0) is 11.3 Å². The summed E-state index contributed by atoms with van der Waals surface area (Å²) in [5, 5.41) is 3.57. The number of imidazole rings is 1. The summed E-state index contributed by atoms with van der Waals surface area (Å²) >= 11 is 5.99. The molecule has 1 heterocycles. The van der Waals surface area contributed by atoms with Gasteiger partial charge in [-0.25, -0.2) is 4.98 Å². The standard InChI is InChI=1S/C20H20ClN3O2/c1-14-11-17(7-8-18(14)21)26-13-20(25)23-12-16-5-3-4-6-19(16)24-10-9-22-15(24)2/h3-11H,12-13H2,1-2H3,(H,23,25). The lowest BCUT2D eigenvalue weighted by molar-refractivity contribution is -0.123. The number of para-hydroxylation sites is 1. The molecule has 5 nitrogen and oxygen atoms in total. The van der Waals surface area contributed by atoms with Crippen molar-refractivity contribution in [3.63, 3.8) is 0 Å². The number of ether oxygens (including phenoxy) is 1. The van der Waals surface area contributed by atoms with Gasteiger partial charge in [0.1, 0.15) is 11.6 Å². The van der Waals surface area contributed by atoms with Gasteiger partial charge in [0.2, 0.25) is 0 Å². The lowest BCUT2D eigenvalue weighted by Gasteiger charge is -2.13. The molecule has 0 saturated heterocycles. The predicted octanol–water partition coefficient (Wildman–Crippen LogP) is 3.84. The van der Waals surface area contributed by atoms with E-state index in [4.69, 9.17) is 16.3 Å². The second-order valence-corrected chi connectivity index (χ2v) is 6.36. The van der Waals surface area contributed by atoms with Crippen LogP contribution in [0.5, 0.6) is 5.75 Å². The van der Waals surface area contributed by atoms with Crippen molar-refractivity contribution in [2.75, 3.05) is 6.61 Å². The van der Waals surface area contributed by atoms with Crippen molar-refractivity contribution in [1.29, 1.82) is 0 Å².